The molecule has 0 heterocycles. The molecule has 0 aliphatic carbocycles. The van der Waals surface area contributed by atoms with Gasteiger partial charge in [0.25, 0.3) is 0 Å². The van der Waals surface area contributed by atoms with Gasteiger partial charge in [-0.25, -0.2) is 4.39 Å². The number of aliphatic hydroxyl groups excluding tert-OH is 1. The first-order chi connectivity index (χ1) is 10.2. The van der Waals surface area contributed by atoms with Gasteiger partial charge in [-0.3, -0.25) is 0 Å². The number of benzene rings is 2. The molecule has 0 bridgehead atoms. The Hall–Kier alpha value is -2.27. The molecule has 2 aromatic rings. The van der Waals surface area contributed by atoms with Crippen molar-refractivity contribution in [3.05, 3.63) is 53.3 Å². The van der Waals surface area contributed by atoms with Crippen LogP contribution < -0.4 is 14.8 Å². The average molecular weight is 291 g/mol. The molecule has 112 valence electrons. The van der Waals surface area contributed by atoms with Gasteiger partial charge in [0.1, 0.15) is 5.75 Å². The predicted octanol–water partition coefficient (Wildman–Crippen LogP) is 2.95. The van der Waals surface area contributed by atoms with Crippen LogP contribution >= 0.6 is 0 Å². The summed E-state index contributed by atoms with van der Waals surface area (Å²) in [5.41, 5.74) is 2.33. The molecule has 0 fully saturated rings. The van der Waals surface area contributed by atoms with E-state index >= 15 is 0 Å². The molecule has 5 heteroatoms. The third-order valence-electron chi connectivity index (χ3n) is 3.16. The summed E-state index contributed by atoms with van der Waals surface area (Å²) in [4.78, 5) is 0. The molecule has 21 heavy (non-hydrogen) atoms. The summed E-state index contributed by atoms with van der Waals surface area (Å²) in [5.74, 6) is 0.479. The molecule has 0 radical (unpaired) electrons. The van der Waals surface area contributed by atoms with E-state index in [2.05, 4.69) is 5.32 Å². The van der Waals surface area contributed by atoms with Crippen LogP contribution in [0.5, 0.6) is 11.5 Å². The lowest BCUT2D eigenvalue weighted by atomic mass is 10.1. The lowest BCUT2D eigenvalue weighted by Crippen LogP contribution is -2.02. The highest BCUT2D eigenvalue weighted by Gasteiger charge is 2.05. The Bertz CT molecular complexity index is 616. The van der Waals surface area contributed by atoms with Crippen molar-refractivity contribution in [3.63, 3.8) is 0 Å². The Morgan fingerprint density at radius 1 is 1.05 bits per heavy atom. The average Bonchev–Trinajstić information content (AvgIpc) is 2.52. The molecule has 4 nitrogen and oxygen atoms in total. The van der Waals surface area contributed by atoms with Crippen LogP contribution in [0.15, 0.2) is 36.4 Å². The van der Waals surface area contributed by atoms with E-state index in [0.717, 1.165) is 11.3 Å². The van der Waals surface area contributed by atoms with Gasteiger partial charge >= 0.3 is 0 Å². The van der Waals surface area contributed by atoms with Crippen molar-refractivity contribution in [3.8, 4) is 11.5 Å². The number of rotatable bonds is 6. The summed E-state index contributed by atoms with van der Waals surface area (Å²) in [6, 6.07) is 10.3. The number of nitrogens with one attached hydrogen (secondary N) is 1. The van der Waals surface area contributed by atoms with Crippen LogP contribution in [0.25, 0.3) is 0 Å². The topological polar surface area (TPSA) is 50.7 Å². The highest BCUT2D eigenvalue weighted by Crippen LogP contribution is 2.23. The van der Waals surface area contributed by atoms with Gasteiger partial charge < -0.3 is 19.9 Å². The minimum Gasteiger partial charge on any atom is -0.496 e. The van der Waals surface area contributed by atoms with E-state index in [4.69, 9.17) is 9.47 Å². The van der Waals surface area contributed by atoms with Gasteiger partial charge in [-0.1, -0.05) is 6.07 Å². The summed E-state index contributed by atoms with van der Waals surface area (Å²) < 4.78 is 23.6. The lowest BCUT2D eigenvalue weighted by Gasteiger charge is -2.11. The molecule has 0 saturated carbocycles. The van der Waals surface area contributed by atoms with Gasteiger partial charge in [-0.15, -0.1) is 0 Å². The number of ether oxygens (including phenoxy) is 2. The molecular weight excluding hydrogens is 273 g/mol. The second kappa shape index (κ2) is 6.95. The normalized spacial score (nSPS) is 10.3. The number of anilines is 1. The van der Waals surface area contributed by atoms with Crippen LogP contribution in [0.4, 0.5) is 10.1 Å². The Kier molecular flexibility index (Phi) is 5.00. The van der Waals surface area contributed by atoms with Crippen molar-refractivity contribution < 1.29 is 19.0 Å². The summed E-state index contributed by atoms with van der Waals surface area (Å²) in [5, 5.41) is 12.5. The molecule has 2 N–H and O–H groups in total. The molecule has 2 aromatic carbocycles. The van der Waals surface area contributed by atoms with E-state index in [1.807, 2.05) is 6.07 Å². The van der Waals surface area contributed by atoms with Gasteiger partial charge in [0.2, 0.25) is 0 Å². The standard InChI is InChI=1S/C16H18FNO3/c1-20-15-6-4-13(8-12(15)10-19)18-9-11-3-5-16(21-2)14(17)7-11/h3-8,18-19H,9-10H2,1-2H3. The van der Waals surface area contributed by atoms with Crippen molar-refractivity contribution in [1.29, 1.82) is 0 Å². The molecule has 0 aliphatic heterocycles. The molecule has 0 amide bonds. The maximum absolute atomic E-state index is 13.6. The third kappa shape index (κ3) is 3.64. The summed E-state index contributed by atoms with van der Waals surface area (Å²) in [7, 11) is 2.99. The summed E-state index contributed by atoms with van der Waals surface area (Å²) >= 11 is 0. The van der Waals surface area contributed by atoms with Crippen LogP contribution in [0.3, 0.4) is 0 Å². The first kappa shape index (κ1) is 15.1. The Morgan fingerprint density at radius 3 is 2.38 bits per heavy atom. The fourth-order valence-corrected chi connectivity index (χ4v) is 2.04. The Labute approximate surface area is 123 Å². The largest absolute Gasteiger partial charge is 0.496 e. The van der Waals surface area contributed by atoms with E-state index in [-0.39, 0.29) is 18.2 Å². The van der Waals surface area contributed by atoms with Crippen molar-refractivity contribution in [2.45, 2.75) is 13.2 Å². The summed E-state index contributed by atoms with van der Waals surface area (Å²) in [6.07, 6.45) is 0. The fourth-order valence-electron chi connectivity index (χ4n) is 2.04. The predicted molar refractivity (Wildman–Crippen MR) is 79.2 cm³/mol. The van der Waals surface area contributed by atoms with E-state index in [1.54, 1.807) is 31.4 Å². The van der Waals surface area contributed by atoms with Gasteiger partial charge in [-0.2, -0.15) is 0 Å². The Morgan fingerprint density at radius 2 is 1.76 bits per heavy atom. The minimum absolute atomic E-state index is 0.101. The number of aliphatic hydroxyl groups is 1. The molecule has 0 aliphatic rings. The molecule has 0 spiro atoms. The van der Waals surface area contributed by atoms with Crippen molar-refractivity contribution in [2.75, 3.05) is 19.5 Å². The van der Waals surface area contributed by atoms with Gasteiger partial charge in [-0.05, 0) is 35.9 Å². The lowest BCUT2D eigenvalue weighted by molar-refractivity contribution is 0.274. The molecule has 0 atom stereocenters. The van der Waals surface area contributed by atoms with Crippen LogP contribution in [-0.4, -0.2) is 19.3 Å². The maximum Gasteiger partial charge on any atom is 0.165 e. The van der Waals surface area contributed by atoms with E-state index in [9.17, 15) is 9.50 Å². The van der Waals surface area contributed by atoms with Gasteiger partial charge in [0.15, 0.2) is 11.6 Å². The maximum atomic E-state index is 13.6. The zero-order valence-corrected chi connectivity index (χ0v) is 12.0. The quantitative estimate of drug-likeness (QED) is 0.859. The molecule has 0 saturated heterocycles. The number of halogens is 1. The van der Waals surface area contributed by atoms with E-state index < -0.39 is 0 Å². The third-order valence-corrected chi connectivity index (χ3v) is 3.16. The van der Waals surface area contributed by atoms with Crippen LogP contribution in [-0.2, 0) is 13.2 Å². The molecule has 0 unspecified atom stereocenters. The fraction of sp³-hybridized carbons (Fsp3) is 0.250. The molecular formula is C16H18FNO3. The van der Waals surface area contributed by atoms with Crippen molar-refractivity contribution in [2.24, 2.45) is 0 Å². The van der Waals surface area contributed by atoms with Crippen molar-refractivity contribution in [1.82, 2.24) is 0 Å². The number of methoxy groups -OCH3 is 2. The monoisotopic (exact) mass is 291 g/mol. The van der Waals surface area contributed by atoms with Crippen LogP contribution in [0.1, 0.15) is 11.1 Å². The number of hydrogen-bond donors (Lipinski definition) is 2. The summed E-state index contributed by atoms with van der Waals surface area (Å²) in [6.45, 7) is 0.369. The first-order valence-electron chi connectivity index (χ1n) is 6.52. The van der Waals surface area contributed by atoms with E-state index in [0.29, 0.717) is 17.9 Å². The van der Waals surface area contributed by atoms with E-state index in [1.165, 1.54) is 13.2 Å². The zero-order chi connectivity index (χ0) is 15.2. The Balaban J connectivity index is 2.07. The second-order valence-electron chi connectivity index (χ2n) is 4.51. The highest BCUT2D eigenvalue weighted by atomic mass is 19.1. The smallest absolute Gasteiger partial charge is 0.165 e. The first-order valence-corrected chi connectivity index (χ1v) is 6.52. The van der Waals surface area contributed by atoms with Gasteiger partial charge in [0.05, 0.1) is 20.8 Å². The van der Waals surface area contributed by atoms with Gasteiger partial charge in [0, 0.05) is 17.8 Å². The SMILES string of the molecule is COc1ccc(CNc2ccc(OC)c(CO)c2)cc1F. The second-order valence-corrected chi connectivity index (χ2v) is 4.51. The number of hydrogen-bond acceptors (Lipinski definition) is 4. The minimum atomic E-state index is -0.387. The molecule has 2 rings (SSSR count). The molecule has 0 aromatic heterocycles. The van der Waals surface area contributed by atoms with Crippen LogP contribution in [0, 0.1) is 5.82 Å². The van der Waals surface area contributed by atoms with Crippen LogP contribution in [0.2, 0.25) is 0 Å². The zero-order valence-electron chi connectivity index (χ0n) is 12.0. The highest BCUT2D eigenvalue weighted by molar-refractivity contribution is 5.51. The van der Waals surface area contributed by atoms with Crippen molar-refractivity contribution >= 4 is 5.69 Å².